The van der Waals surface area contributed by atoms with E-state index in [1.165, 1.54) is 17.2 Å². The van der Waals surface area contributed by atoms with Gasteiger partial charge in [0.2, 0.25) is 0 Å². The molecule has 0 atom stereocenters. The smallest absolute Gasteiger partial charge is 0.295 e. The average Bonchev–Trinajstić information content (AvgIpc) is 3.01. The van der Waals surface area contributed by atoms with Crippen LogP contribution < -0.4 is 26.6 Å². The second-order valence-corrected chi connectivity index (χ2v) is 13.7. The molecule has 1 aliphatic heterocycles. The van der Waals surface area contributed by atoms with E-state index in [1.807, 2.05) is 57.2 Å². The molecule has 5 aromatic carbocycles. The lowest BCUT2D eigenvalue weighted by atomic mass is 9.89. The van der Waals surface area contributed by atoms with Crippen LogP contribution in [-0.4, -0.2) is 13.0 Å². The van der Waals surface area contributed by atoms with Crippen molar-refractivity contribution >= 4 is 33.1 Å². The largest absolute Gasteiger partial charge is 0.456 e. The molecule has 0 radical (unpaired) electrons. The monoisotopic (exact) mass is 630 g/mol. The summed E-state index contributed by atoms with van der Waals surface area (Å²) in [5, 5.41) is 1.64. The molecule has 0 amide bonds. The molecule has 0 saturated heterocycles. The summed E-state index contributed by atoms with van der Waals surface area (Å²) in [6, 6.07) is 22.6. The predicted molar refractivity (Wildman–Crippen MR) is 187 cm³/mol. The van der Waals surface area contributed by atoms with Gasteiger partial charge in [-0.1, -0.05) is 48.5 Å². The van der Waals surface area contributed by atoms with Gasteiger partial charge in [-0.2, -0.15) is 8.42 Å². The van der Waals surface area contributed by atoms with Gasteiger partial charge in [0.15, 0.2) is 0 Å². The number of rotatable bonds is 5. The molecule has 1 aliphatic rings. The van der Waals surface area contributed by atoms with Crippen LogP contribution in [0.25, 0.3) is 11.6 Å². The minimum atomic E-state index is -4.51. The fourth-order valence-corrected chi connectivity index (χ4v) is 7.36. The van der Waals surface area contributed by atoms with Crippen LogP contribution in [0.5, 0.6) is 11.5 Å². The van der Waals surface area contributed by atoms with Crippen LogP contribution >= 0.6 is 0 Å². The summed E-state index contributed by atoms with van der Waals surface area (Å²) >= 11 is 0. The van der Waals surface area contributed by atoms with Gasteiger partial charge in [-0.15, -0.1) is 0 Å². The van der Waals surface area contributed by atoms with Crippen LogP contribution in [0.3, 0.4) is 0 Å². The minimum absolute atomic E-state index is 0.161. The Morgan fingerprint density at radius 1 is 0.717 bits per heavy atom. The van der Waals surface area contributed by atoms with Crippen LogP contribution in [0, 0.1) is 41.5 Å². The first kappa shape index (κ1) is 31.1. The summed E-state index contributed by atoms with van der Waals surface area (Å²) in [4.78, 5) is -0.161. The fraction of sp³-hybridized carbons (Fsp3) is 0.179. The number of ether oxygens (including phenoxy) is 1. The van der Waals surface area contributed by atoms with Crippen molar-refractivity contribution < 1.29 is 17.7 Å². The van der Waals surface area contributed by atoms with E-state index in [0.29, 0.717) is 29.1 Å². The maximum atomic E-state index is 12.6. The topological polar surface area (TPSA) is 116 Å². The zero-order valence-electron chi connectivity index (χ0n) is 26.9. The maximum absolute atomic E-state index is 12.6. The van der Waals surface area contributed by atoms with E-state index >= 15 is 0 Å². The lowest BCUT2D eigenvalue weighted by Gasteiger charge is -2.23. The number of hydrogen-bond acceptors (Lipinski definition) is 5. The number of aryl methyl sites for hydroxylation is 4. The summed E-state index contributed by atoms with van der Waals surface area (Å²) in [6.45, 7) is 12.3. The van der Waals surface area contributed by atoms with Crippen LogP contribution in [0.1, 0.15) is 61.2 Å². The Bertz CT molecular complexity index is 2320. The highest BCUT2D eigenvalue weighted by Crippen LogP contribution is 2.39. The second-order valence-electron chi connectivity index (χ2n) is 12.3. The molecule has 7 heteroatoms. The highest BCUT2D eigenvalue weighted by Gasteiger charge is 2.26. The first-order valence-electron chi connectivity index (χ1n) is 15.2. The van der Waals surface area contributed by atoms with Crippen molar-refractivity contribution in [3.8, 4) is 11.5 Å². The summed E-state index contributed by atoms with van der Waals surface area (Å²) < 4.78 is 41.9. The number of fused-ring (bicyclic) bond motifs is 2. The molecule has 0 spiro atoms. The van der Waals surface area contributed by atoms with E-state index in [9.17, 15) is 13.0 Å². The minimum Gasteiger partial charge on any atom is -0.456 e. The molecule has 0 aromatic heterocycles. The Hall–Kier alpha value is -4.85. The molecule has 0 bridgehead atoms. The summed E-state index contributed by atoms with van der Waals surface area (Å²) in [7, 11) is -4.51. The van der Waals surface area contributed by atoms with E-state index in [1.54, 1.807) is 18.2 Å². The molecule has 0 fully saturated rings. The highest BCUT2D eigenvalue weighted by atomic mass is 32.2. The van der Waals surface area contributed by atoms with Crippen molar-refractivity contribution in [1.82, 2.24) is 0 Å². The molecule has 0 saturated carbocycles. The third-order valence-corrected chi connectivity index (χ3v) is 10.1. The molecular weight excluding hydrogens is 593 g/mol. The van der Waals surface area contributed by atoms with Gasteiger partial charge < -0.3 is 16.2 Å². The van der Waals surface area contributed by atoms with Gasteiger partial charge in [-0.3, -0.25) is 4.55 Å². The third kappa shape index (κ3) is 5.46. The molecule has 5 aromatic rings. The second kappa shape index (κ2) is 11.5. The highest BCUT2D eigenvalue weighted by molar-refractivity contribution is 7.86. The Kier molecular flexibility index (Phi) is 7.79. The Morgan fingerprint density at radius 3 is 2.11 bits per heavy atom. The van der Waals surface area contributed by atoms with Gasteiger partial charge in [0.05, 0.1) is 0 Å². The summed E-state index contributed by atoms with van der Waals surface area (Å²) in [5.41, 5.74) is 25.9. The number of benzene rings is 5. The van der Waals surface area contributed by atoms with Crippen LogP contribution in [0.15, 0.2) is 77.7 Å². The Morgan fingerprint density at radius 2 is 1.39 bits per heavy atom. The lowest BCUT2D eigenvalue weighted by molar-refractivity contribution is 0.470. The first-order valence-corrected chi connectivity index (χ1v) is 16.6. The molecular formula is C39H38N2O4S. The van der Waals surface area contributed by atoms with Crippen molar-refractivity contribution in [2.24, 2.45) is 0 Å². The van der Waals surface area contributed by atoms with Crippen LogP contribution in [0.2, 0.25) is 0 Å². The van der Waals surface area contributed by atoms with Crippen LogP contribution in [-0.2, 0) is 16.5 Å². The molecule has 6 rings (SSSR count). The van der Waals surface area contributed by atoms with E-state index < -0.39 is 10.1 Å². The zero-order chi connectivity index (χ0) is 33.1. The molecule has 46 heavy (non-hydrogen) atoms. The average molecular weight is 631 g/mol. The third-order valence-electron chi connectivity index (χ3n) is 9.22. The number of nitrogen functional groups attached to an aromatic ring is 2. The molecule has 1 heterocycles. The van der Waals surface area contributed by atoms with Crippen molar-refractivity contribution in [3.63, 3.8) is 0 Å². The predicted octanol–water partition coefficient (Wildman–Crippen LogP) is 6.72. The maximum Gasteiger partial charge on any atom is 0.295 e. The molecule has 0 unspecified atom stereocenters. The fourth-order valence-electron chi connectivity index (χ4n) is 6.66. The first-order chi connectivity index (χ1) is 21.7. The van der Waals surface area contributed by atoms with E-state index in [4.69, 9.17) is 16.2 Å². The molecule has 234 valence electrons. The number of hydrogen-bond donors (Lipinski definition) is 3. The standard InChI is InChI=1S/C39H38N2O4S/c1-21-15-23(3)38(40)25(5)32(21)17-27-11-13-29-34(19-27)45-35-20-28(18-33-22(2)16-24(4)39(41)26(33)6)12-14-30(35)37(29)31-9-7-8-10-36(31)46(42,43)44/h7-17,19-20H,18,40-41H2,1-6H3,(H,42,43,44)/b27-17+. The van der Waals surface area contributed by atoms with Crippen molar-refractivity contribution in [2.45, 2.75) is 52.9 Å². The normalized spacial score (nSPS) is 12.9. The van der Waals surface area contributed by atoms with Crippen molar-refractivity contribution in [2.75, 3.05) is 11.5 Å². The van der Waals surface area contributed by atoms with E-state index in [0.717, 1.165) is 66.3 Å². The van der Waals surface area contributed by atoms with E-state index in [-0.39, 0.29) is 4.90 Å². The zero-order valence-corrected chi connectivity index (χ0v) is 27.8. The Labute approximate surface area is 270 Å². The van der Waals surface area contributed by atoms with Gasteiger partial charge in [0.1, 0.15) is 16.4 Å². The van der Waals surface area contributed by atoms with Gasteiger partial charge in [0.25, 0.3) is 10.1 Å². The Balaban J connectivity index is 1.58. The SMILES string of the molecule is Cc1cc(C)c(/C=c2\ccc3c(c2)Oc2cc(Cc4c(C)cc(C)c(N)c4C)ccc2C=3c2ccccc2S(=O)(=O)O)c(C)c1N. The summed E-state index contributed by atoms with van der Waals surface area (Å²) in [5.74, 6) is 1.19. The van der Waals surface area contributed by atoms with Crippen LogP contribution in [0.4, 0.5) is 11.4 Å². The van der Waals surface area contributed by atoms with E-state index in [2.05, 4.69) is 39.0 Å². The van der Waals surface area contributed by atoms with Crippen molar-refractivity contribution in [3.05, 3.63) is 144 Å². The number of nitrogens with two attached hydrogens (primary N) is 2. The molecule has 0 aliphatic carbocycles. The van der Waals surface area contributed by atoms with Gasteiger partial charge in [-0.25, -0.2) is 0 Å². The summed E-state index contributed by atoms with van der Waals surface area (Å²) in [6.07, 6.45) is 2.75. The van der Waals surface area contributed by atoms with Gasteiger partial charge in [-0.05, 0) is 134 Å². The lowest BCUT2D eigenvalue weighted by Crippen LogP contribution is -2.21. The molecule has 5 N–H and O–H groups in total. The number of anilines is 2. The van der Waals surface area contributed by atoms with Crippen molar-refractivity contribution in [1.29, 1.82) is 0 Å². The quantitative estimate of drug-likeness (QED) is 0.144. The molecule has 6 nitrogen and oxygen atoms in total. The van der Waals surface area contributed by atoms with Gasteiger partial charge in [0, 0.05) is 33.3 Å². The van der Waals surface area contributed by atoms with Gasteiger partial charge >= 0.3 is 0 Å².